The van der Waals surface area contributed by atoms with Gasteiger partial charge in [-0.1, -0.05) is 13.0 Å². The Morgan fingerprint density at radius 1 is 1.40 bits per heavy atom. The van der Waals surface area contributed by atoms with Gasteiger partial charge in [0.1, 0.15) is 0 Å². The third-order valence-corrected chi connectivity index (χ3v) is 4.01. The minimum absolute atomic E-state index is 0.155. The molecule has 0 aromatic carbocycles. The van der Waals surface area contributed by atoms with Crippen LogP contribution >= 0.6 is 0 Å². The van der Waals surface area contributed by atoms with E-state index >= 15 is 0 Å². The van der Waals surface area contributed by atoms with Crippen LogP contribution in [0.4, 0.5) is 4.79 Å². The third-order valence-electron chi connectivity index (χ3n) is 4.01. The zero-order valence-electron chi connectivity index (χ0n) is 12.8. The molecule has 2 amide bonds. The van der Waals surface area contributed by atoms with Gasteiger partial charge >= 0.3 is 6.03 Å². The molecule has 20 heavy (non-hydrogen) atoms. The summed E-state index contributed by atoms with van der Waals surface area (Å²) in [6.45, 7) is 9.36. The van der Waals surface area contributed by atoms with Gasteiger partial charge in [-0.2, -0.15) is 0 Å². The van der Waals surface area contributed by atoms with Crippen molar-refractivity contribution in [1.29, 1.82) is 0 Å². The van der Waals surface area contributed by atoms with Crippen molar-refractivity contribution in [2.24, 2.45) is 5.92 Å². The standard InChI is InChI=1S/C16H25N3O/c1-4-18(12-15-7-5-6-14(3)17-15)16(20)19-10-8-13(2)9-11-19/h5-7,13H,4,8-12H2,1-3H3. The Balaban J connectivity index is 1.99. The fourth-order valence-electron chi connectivity index (χ4n) is 2.60. The second kappa shape index (κ2) is 6.73. The van der Waals surface area contributed by atoms with Gasteiger partial charge in [0.05, 0.1) is 12.2 Å². The highest BCUT2D eigenvalue weighted by molar-refractivity contribution is 5.74. The number of likely N-dealkylation sites (tertiary alicyclic amines) is 1. The summed E-state index contributed by atoms with van der Waals surface area (Å²) in [7, 11) is 0. The van der Waals surface area contributed by atoms with Gasteiger partial charge in [-0.3, -0.25) is 4.98 Å². The van der Waals surface area contributed by atoms with E-state index in [1.807, 2.05) is 41.8 Å². The number of rotatable bonds is 3. The second-order valence-electron chi connectivity index (χ2n) is 5.74. The van der Waals surface area contributed by atoms with Crippen LogP contribution in [-0.2, 0) is 6.54 Å². The van der Waals surface area contributed by atoms with Crippen LogP contribution in [0.15, 0.2) is 18.2 Å². The van der Waals surface area contributed by atoms with Crippen LogP contribution in [0, 0.1) is 12.8 Å². The summed E-state index contributed by atoms with van der Waals surface area (Å²) in [5, 5.41) is 0. The maximum atomic E-state index is 12.5. The van der Waals surface area contributed by atoms with E-state index in [0.29, 0.717) is 6.54 Å². The monoisotopic (exact) mass is 275 g/mol. The molecule has 0 unspecified atom stereocenters. The Hall–Kier alpha value is -1.58. The highest BCUT2D eigenvalue weighted by Gasteiger charge is 2.24. The maximum absolute atomic E-state index is 12.5. The van der Waals surface area contributed by atoms with Gasteiger partial charge in [-0.25, -0.2) is 4.79 Å². The zero-order valence-corrected chi connectivity index (χ0v) is 12.8. The summed E-state index contributed by atoms with van der Waals surface area (Å²) >= 11 is 0. The number of hydrogen-bond acceptors (Lipinski definition) is 2. The molecule has 1 aliphatic rings. The van der Waals surface area contributed by atoms with Gasteiger partial charge in [-0.05, 0) is 44.7 Å². The van der Waals surface area contributed by atoms with Crippen molar-refractivity contribution in [2.75, 3.05) is 19.6 Å². The molecule has 1 aromatic heterocycles. The number of aryl methyl sites for hydroxylation is 1. The SMILES string of the molecule is CCN(Cc1cccc(C)n1)C(=O)N1CCC(C)CC1. The van der Waals surface area contributed by atoms with E-state index in [1.54, 1.807) is 0 Å². The van der Waals surface area contributed by atoms with Crippen molar-refractivity contribution in [2.45, 2.75) is 40.2 Å². The molecule has 2 rings (SSSR count). The predicted molar refractivity (Wildman–Crippen MR) is 80.4 cm³/mol. The molecular weight excluding hydrogens is 250 g/mol. The normalized spacial score (nSPS) is 16.2. The lowest BCUT2D eigenvalue weighted by Gasteiger charge is -2.34. The van der Waals surface area contributed by atoms with Crippen molar-refractivity contribution >= 4 is 6.03 Å². The van der Waals surface area contributed by atoms with Crippen LogP contribution in [0.25, 0.3) is 0 Å². The third kappa shape index (κ3) is 3.71. The number of nitrogens with zero attached hydrogens (tertiary/aromatic N) is 3. The first-order valence-electron chi connectivity index (χ1n) is 7.56. The van der Waals surface area contributed by atoms with Gasteiger partial charge in [0.25, 0.3) is 0 Å². The maximum Gasteiger partial charge on any atom is 0.320 e. The Morgan fingerprint density at radius 2 is 2.10 bits per heavy atom. The minimum Gasteiger partial charge on any atom is -0.325 e. The molecule has 0 spiro atoms. The first-order valence-corrected chi connectivity index (χ1v) is 7.56. The molecule has 110 valence electrons. The number of carbonyl (C=O) groups excluding carboxylic acids is 1. The lowest BCUT2D eigenvalue weighted by molar-refractivity contribution is 0.134. The topological polar surface area (TPSA) is 36.4 Å². The molecule has 0 saturated carbocycles. The molecule has 4 heteroatoms. The summed E-state index contributed by atoms with van der Waals surface area (Å²) in [6, 6.07) is 6.12. The van der Waals surface area contributed by atoms with Crippen molar-refractivity contribution in [3.63, 3.8) is 0 Å². The van der Waals surface area contributed by atoms with E-state index in [-0.39, 0.29) is 6.03 Å². The zero-order chi connectivity index (χ0) is 14.5. The van der Waals surface area contributed by atoms with Crippen molar-refractivity contribution in [1.82, 2.24) is 14.8 Å². The van der Waals surface area contributed by atoms with E-state index in [2.05, 4.69) is 11.9 Å². The lowest BCUT2D eigenvalue weighted by Crippen LogP contribution is -2.46. The van der Waals surface area contributed by atoms with E-state index in [0.717, 1.165) is 49.8 Å². The van der Waals surface area contributed by atoms with Crippen LogP contribution < -0.4 is 0 Å². The molecule has 0 radical (unpaired) electrons. The van der Waals surface area contributed by atoms with Crippen LogP contribution in [0.3, 0.4) is 0 Å². The Kier molecular flexibility index (Phi) is 4.99. The number of urea groups is 1. The molecule has 0 aliphatic carbocycles. The first-order chi connectivity index (χ1) is 9.60. The number of aromatic nitrogens is 1. The lowest BCUT2D eigenvalue weighted by atomic mass is 9.99. The van der Waals surface area contributed by atoms with Crippen molar-refractivity contribution in [3.05, 3.63) is 29.6 Å². The number of pyridine rings is 1. The van der Waals surface area contributed by atoms with E-state index in [4.69, 9.17) is 0 Å². The highest BCUT2D eigenvalue weighted by atomic mass is 16.2. The number of piperidine rings is 1. The van der Waals surface area contributed by atoms with Gasteiger partial charge in [0, 0.05) is 25.3 Å². The second-order valence-corrected chi connectivity index (χ2v) is 5.74. The van der Waals surface area contributed by atoms with Gasteiger partial charge < -0.3 is 9.80 Å². The molecule has 2 heterocycles. The molecule has 4 nitrogen and oxygen atoms in total. The summed E-state index contributed by atoms with van der Waals surface area (Å²) in [5.74, 6) is 0.743. The summed E-state index contributed by atoms with van der Waals surface area (Å²) < 4.78 is 0. The Labute approximate surface area is 121 Å². The van der Waals surface area contributed by atoms with Crippen LogP contribution in [0.2, 0.25) is 0 Å². The summed E-state index contributed by atoms with van der Waals surface area (Å²) in [5.41, 5.74) is 1.96. The molecule has 0 N–H and O–H groups in total. The number of amides is 2. The van der Waals surface area contributed by atoms with Gasteiger partial charge in [0.15, 0.2) is 0 Å². The van der Waals surface area contributed by atoms with Crippen LogP contribution in [0.5, 0.6) is 0 Å². The molecule has 0 bridgehead atoms. The van der Waals surface area contributed by atoms with Gasteiger partial charge in [0.2, 0.25) is 0 Å². The van der Waals surface area contributed by atoms with E-state index in [1.165, 1.54) is 0 Å². The summed E-state index contributed by atoms with van der Waals surface area (Å²) in [4.78, 5) is 20.9. The Morgan fingerprint density at radius 3 is 2.70 bits per heavy atom. The van der Waals surface area contributed by atoms with Gasteiger partial charge in [-0.15, -0.1) is 0 Å². The largest absolute Gasteiger partial charge is 0.325 e. The minimum atomic E-state index is 0.155. The van der Waals surface area contributed by atoms with Crippen molar-refractivity contribution in [3.8, 4) is 0 Å². The van der Waals surface area contributed by atoms with Crippen molar-refractivity contribution < 1.29 is 4.79 Å². The fraction of sp³-hybridized carbons (Fsp3) is 0.625. The first kappa shape index (κ1) is 14.8. The predicted octanol–water partition coefficient (Wildman–Crippen LogP) is 3.06. The molecule has 1 aromatic rings. The average molecular weight is 275 g/mol. The molecule has 1 saturated heterocycles. The number of carbonyl (C=O) groups is 1. The quantitative estimate of drug-likeness (QED) is 0.850. The van der Waals surface area contributed by atoms with E-state index < -0.39 is 0 Å². The smallest absolute Gasteiger partial charge is 0.320 e. The fourth-order valence-corrected chi connectivity index (χ4v) is 2.60. The number of hydrogen-bond donors (Lipinski definition) is 0. The molecule has 1 fully saturated rings. The molecule has 1 aliphatic heterocycles. The van der Waals surface area contributed by atoms with Crippen LogP contribution in [-0.4, -0.2) is 40.4 Å². The Bertz CT molecular complexity index is 453. The average Bonchev–Trinajstić information content (AvgIpc) is 2.45. The molecule has 0 atom stereocenters. The summed E-state index contributed by atoms with van der Waals surface area (Å²) in [6.07, 6.45) is 2.23. The van der Waals surface area contributed by atoms with E-state index in [9.17, 15) is 4.79 Å². The molecular formula is C16H25N3O. The highest BCUT2D eigenvalue weighted by Crippen LogP contribution is 2.18. The van der Waals surface area contributed by atoms with Crippen LogP contribution in [0.1, 0.15) is 38.1 Å².